The van der Waals surface area contributed by atoms with Crippen molar-refractivity contribution in [3.05, 3.63) is 22.3 Å². The fraction of sp³-hybridized carbons (Fsp3) is 0.500. The quantitative estimate of drug-likeness (QED) is 0.840. The molecule has 1 rings (SSSR count). The number of anilines is 1. The van der Waals surface area contributed by atoms with Crippen LogP contribution in [0, 0.1) is 6.92 Å². The number of nitrogens with zero attached hydrogens (tertiary/aromatic N) is 2. The van der Waals surface area contributed by atoms with Crippen molar-refractivity contribution in [1.82, 2.24) is 4.98 Å². The molecular formula is C10H15BrN2O2. The number of rotatable bonds is 5. The van der Waals surface area contributed by atoms with Gasteiger partial charge in [-0.3, -0.25) is 0 Å². The van der Waals surface area contributed by atoms with Crippen LogP contribution in [0.2, 0.25) is 0 Å². The van der Waals surface area contributed by atoms with E-state index in [1.54, 1.807) is 6.20 Å². The Hall–Kier alpha value is -0.650. The summed E-state index contributed by atoms with van der Waals surface area (Å²) in [6.45, 7) is 2.98. The van der Waals surface area contributed by atoms with Gasteiger partial charge in [0.05, 0.1) is 17.7 Å². The van der Waals surface area contributed by atoms with Crippen LogP contribution in [0.3, 0.4) is 0 Å². The number of pyridine rings is 1. The predicted molar refractivity (Wildman–Crippen MR) is 63.1 cm³/mol. The third-order valence-corrected chi connectivity index (χ3v) is 2.58. The summed E-state index contributed by atoms with van der Waals surface area (Å²) in [7, 11) is 0. The molecule has 0 spiro atoms. The van der Waals surface area contributed by atoms with Gasteiger partial charge in [-0.25, -0.2) is 4.98 Å². The molecule has 0 saturated carbocycles. The molecule has 0 fully saturated rings. The van der Waals surface area contributed by atoms with Crippen LogP contribution in [0.4, 0.5) is 5.82 Å². The highest BCUT2D eigenvalue weighted by molar-refractivity contribution is 9.10. The van der Waals surface area contributed by atoms with Crippen molar-refractivity contribution in [2.24, 2.45) is 0 Å². The van der Waals surface area contributed by atoms with Gasteiger partial charge in [-0.15, -0.1) is 0 Å². The molecule has 4 nitrogen and oxygen atoms in total. The first-order chi connectivity index (χ1) is 7.19. The maximum Gasteiger partial charge on any atom is 0.143 e. The summed E-state index contributed by atoms with van der Waals surface area (Å²) >= 11 is 3.42. The molecule has 1 heterocycles. The maximum atomic E-state index is 8.90. The molecular weight excluding hydrogens is 260 g/mol. The summed E-state index contributed by atoms with van der Waals surface area (Å²) in [4.78, 5) is 6.11. The van der Waals surface area contributed by atoms with Gasteiger partial charge in [0.25, 0.3) is 0 Å². The number of hydrogen-bond donors (Lipinski definition) is 2. The van der Waals surface area contributed by atoms with E-state index in [0.29, 0.717) is 13.1 Å². The molecule has 0 aromatic carbocycles. The number of aromatic nitrogens is 1. The molecule has 1 aromatic heterocycles. The van der Waals surface area contributed by atoms with Crippen molar-refractivity contribution in [3.8, 4) is 0 Å². The molecule has 1 aromatic rings. The van der Waals surface area contributed by atoms with Gasteiger partial charge in [0.1, 0.15) is 5.82 Å². The van der Waals surface area contributed by atoms with Crippen LogP contribution in [-0.2, 0) is 0 Å². The molecule has 84 valence electrons. The first-order valence-electron chi connectivity index (χ1n) is 4.78. The van der Waals surface area contributed by atoms with Gasteiger partial charge in [0.2, 0.25) is 0 Å². The average molecular weight is 275 g/mol. The Morgan fingerprint density at radius 3 is 2.40 bits per heavy atom. The standard InChI is InChI=1S/C10H15BrN2O2/c1-8-6-9(11)10(12-7-8)13(2-4-14)3-5-15/h6-7,14-15H,2-5H2,1H3. The summed E-state index contributed by atoms with van der Waals surface area (Å²) in [5.41, 5.74) is 1.07. The summed E-state index contributed by atoms with van der Waals surface area (Å²) in [5, 5.41) is 17.8. The smallest absolute Gasteiger partial charge is 0.143 e. The van der Waals surface area contributed by atoms with Crippen LogP contribution in [0.5, 0.6) is 0 Å². The van der Waals surface area contributed by atoms with E-state index in [1.165, 1.54) is 0 Å². The minimum absolute atomic E-state index is 0.0436. The van der Waals surface area contributed by atoms with Gasteiger partial charge in [0, 0.05) is 19.3 Å². The molecule has 0 amide bonds. The largest absolute Gasteiger partial charge is 0.395 e. The zero-order valence-electron chi connectivity index (χ0n) is 8.65. The summed E-state index contributed by atoms with van der Waals surface area (Å²) in [6, 6.07) is 1.96. The normalized spacial score (nSPS) is 10.4. The van der Waals surface area contributed by atoms with Gasteiger partial charge < -0.3 is 15.1 Å². The van der Waals surface area contributed by atoms with Crippen molar-refractivity contribution < 1.29 is 10.2 Å². The number of hydrogen-bond acceptors (Lipinski definition) is 4. The molecule has 0 unspecified atom stereocenters. The summed E-state index contributed by atoms with van der Waals surface area (Å²) in [6.07, 6.45) is 1.77. The molecule has 0 aliphatic rings. The number of aryl methyl sites for hydroxylation is 1. The lowest BCUT2D eigenvalue weighted by Gasteiger charge is -2.22. The first-order valence-corrected chi connectivity index (χ1v) is 5.57. The van der Waals surface area contributed by atoms with E-state index in [-0.39, 0.29) is 13.2 Å². The van der Waals surface area contributed by atoms with Crippen molar-refractivity contribution in [3.63, 3.8) is 0 Å². The Morgan fingerprint density at radius 1 is 1.33 bits per heavy atom. The van der Waals surface area contributed by atoms with E-state index >= 15 is 0 Å². The van der Waals surface area contributed by atoms with E-state index in [0.717, 1.165) is 15.9 Å². The fourth-order valence-corrected chi connectivity index (χ4v) is 2.04. The van der Waals surface area contributed by atoms with Crippen molar-refractivity contribution in [2.45, 2.75) is 6.92 Å². The maximum absolute atomic E-state index is 8.90. The topological polar surface area (TPSA) is 56.6 Å². The van der Waals surface area contributed by atoms with Crippen molar-refractivity contribution in [1.29, 1.82) is 0 Å². The third-order valence-electron chi connectivity index (χ3n) is 2.00. The zero-order chi connectivity index (χ0) is 11.3. The summed E-state index contributed by atoms with van der Waals surface area (Å²) in [5.74, 6) is 0.753. The monoisotopic (exact) mass is 274 g/mol. The van der Waals surface area contributed by atoms with Crippen LogP contribution < -0.4 is 4.90 Å². The van der Waals surface area contributed by atoms with E-state index < -0.39 is 0 Å². The first kappa shape index (κ1) is 12.4. The highest BCUT2D eigenvalue weighted by atomic mass is 79.9. The molecule has 0 aliphatic heterocycles. The number of halogens is 1. The predicted octanol–water partition coefficient (Wildman–Crippen LogP) is 0.944. The molecule has 15 heavy (non-hydrogen) atoms. The molecule has 0 radical (unpaired) electrons. The Balaban J connectivity index is 2.89. The molecule has 5 heteroatoms. The lowest BCUT2D eigenvalue weighted by Crippen LogP contribution is -2.30. The fourth-order valence-electron chi connectivity index (χ4n) is 1.32. The van der Waals surface area contributed by atoms with Gasteiger partial charge in [-0.1, -0.05) is 0 Å². The highest BCUT2D eigenvalue weighted by Crippen LogP contribution is 2.23. The van der Waals surface area contributed by atoms with E-state index in [1.807, 2.05) is 17.9 Å². The second-order valence-electron chi connectivity index (χ2n) is 3.25. The Bertz CT molecular complexity index is 314. The molecule has 0 atom stereocenters. The zero-order valence-corrected chi connectivity index (χ0v) is 10.2. The highest BCUT2D eigenvalue weighted by Gasteiger charge is 2.10. The molecule has 0 saturated heterocycles. The number of aliphatic hydroxyl groups excluding tert-OH is 2. The van der Waals surface area contributed by atoms with Crippen LogP contribution in [0.15, 0.2) is 16.7 Å². The third kappa shape index (κ3) is 3.44. The SMILES string of the molecule is Cc1cnc(N(CCO)CCO)c(Br)c1. The molecule has 2 N–H and O–H groups in total. The molecule has 0 bridgehead atoms. The Morgan fingerprint density at radius 2 is 1.93 bits per heavy atom. The number of aliphatic hydroxyl groups is 2. The van der Waals surface area contributed by atoms with Gasteiger partial charge in [-0.2, -0.15) is 0 Å². The van der Waals surface area contributed by atoms with E-state index in [9.17, 15) is 0 Å². The second kappa shape index (κ2) is 6.05. The van der Waals surface area contributed by atoms with Gasteiger partial charge in [-0.05, 0) is 34.5 Å². The lowest BCUT2D eigenvalue weighted by atomic mass is 10.3. The van der Waals surface area contributed by atoms with Crippen molar-refractivity contribution >= 4 is 21.7 Å². The van der Waals surface area contributed by atoms with Gasteiger partial charge in [0.15, 0.2) is 0 Å². The Kier molecular flexibility index (Phi) is 5.01. The van der Waals surface area contributed by atoms with Gasteiger partial charge >= 0.3 is 0 Å². The van der Waals surface area contributed by atoms with Crippen LogP contribution in [-0.4, -0.2) is 41.5 Å². The molecule has 0 aliphatic carbocycles. The van der Waals surface area contributed by atoms with E-state index in [2.05, 4.69) is 20.9 Å². The van der Waals surface area contributed by atoms with Crippen LogP contribution in [0.25, 0.3) is 0 Å². The Labute approximate surface area is 97.7 Å². The summed E-state index contributed by atoms with van der Waals surface area (Å²) < 4.78 is 0.879. The minimum Gasteiger partial charge on any atom is -0.395 e. The van der Waals surface area contributed by atoms with Crippen LogP contribution >= 0.6 is 15.9 Å². The minimum atomic E-state index is 0.0436. The van der Waals surface area contributed by atoms with Crippen molar-refractivity contribution in [2.75, 3.05) is 31.2 Å². The van der Waals surface area contributed by atoms with E-state index in [4.69, 9.17) is 10.2 Å². The average Bonchev–Trinajstić information content (AvgIpc) is 2.17. The van der Waals surface area contributed by atoms with Crippen LogP contribution in [0.1, 0.15) is 5.56 Å². The lowest BCUT2D eigenvalue weighted by molar-refractivity contribution is 0.280. The second-order valence-corrected chi connectivity index (χ2v) is 4.11.